The van der Waals surface area contributed by atoms with Gasteiger partial charge in [-0.25, -0.2) is 0 Å². The normalized spacial score (nSPS) is 19.4. The van der Waals surface area contributed by atoms with Crippen LogP contribution in [0.5, 0.6) is 0 Å². The fraction of sp³-hybridized carbons (Fsp3) is 0.786. The third kappa shape index (κ3) is 4.20. The van der Waals surface area contributed by atoms with Gasteiger partial charge in [-0.1, -0.05) is 0 Å². The SMILES string of the molecule is CC(N)C1CCN(Cc2ccnn2C(C)C)CC1.Cl. The number of likely N-dealkylation sites (tertiary alicyclic amines) is 1. The smallest absolute Gasteiger partial charge is 0.0527 e. The summed E-state index contributed by atoms with van der Waals surface area (Å²) >= 11 is 0. The maximum atomic E-state index is 5.98. The Bertz CT molecular complexity index is 367. The summed E-state index contributed by atoms with van der Waals surface area (Å²) in [6.07, 6.45) is 4.37. The molecule has 4 nitrogen and oxygen atoms in total. The summed E-state index contributed by atoms with van der Waals surface area (Å²) in [4.78, 5) is 2.52. The number of rotatable bonds is 4. The first-order valence-corrected chi connectivity index (χ1v) is 7.08. The Morgan fingerprint density at radius 3 is 2.47 bits per heavy atom. The molecule has 1 aromatic rings. The van der Waals surface area contributed by atoms with Crippen molar-refractivity contribution in [3.63, 3.8) is 0 Å². The van der Waals surface area contributed by atoms with Gasteiger partial charge in [0.15, 0.2) is 0 Å². The first kappa shape index (κ1) is 16.5. The van der Waals surface area contributed by atoms with Crippen molar-refractivity contribution < 1.29 is 0 Å². The molecule has 0 bridgehead atoms. The number of hydrogen-bond donors (Lipinski definition) is 1. The van der Waals surface area contributed by atoms with E-state index in [9.17, 15) is 0 Å². The molecule has 0 radical (unpaired) electrons. The molecule has 1 saturated heterocycles. The number of piperidine rings is 1. The summed E-state index contributed by atoms with van der Waals surface area (Å²) < 4.78 is 2.12. The van der Waals surface area contributed by atoms with Crippen LogP contribution in [0.4, 0.5) is 0 Å². The van der Waals surface area contributed by atoms with Crippen molar-refractivity contribution in [2.75, 3.05) is 13.1 Å². The van der Waals surface area contributed by atoms with Crippen LogP contribution in [0.25, 0.3) is 0 Å². The van der Waals surface area contributed by atoms with Crippen molar-refractivity contribution in [2.45, 2.75) is 52.2 Å². The van der Waals surface area contributed by atoms with Crippen molar-refractivity contribution in [1.82, 2.24) is 14.7 Å². The standard InChI is InChI=1S/C14H26N4.ClH/c1-11(2)18-14(4-7-16-18)10-17-8-5-13(6-9-17)12(3)15;/h4,7,11-13H,5-6,8-10,15H2,1-3H3;1H. The van der Waals surface area contributed by atoms with Crippen LogP contribution in [-0.4, -0.2) is 33.8 Å². The molecule has 0 aliphatic carbocycles. The molecule has 2 rings (SSSR count). The van der Waals surface area contributed by atoms with Crippen molar-refractivity contribution >= 4 is 12.4 Å². The highest BCUT2D eigenvalue weighted by Gasteiger charge is 2.22. The molecular formula is C14H27ClN4. The lowest BCUT2D eigenvalue weighted by Gasteiger charge is -2.33. The van der Waals surface area contributed by atoms with Gasteiger partial charge in [0.1, 0.15) is 0 Å². The van der Waals surface area contributed by atoms with E-state index in [2.05, 4.69) is 41.5 Å². The first-order valence-electron chi connectivity index (χ1n) is 7.08. The summed E-state index contributed by atoms with van der Waals surface area (Å²) in [5, 5.41) is 4.39. The second kappa shape index (κ2) is 7.27. The van der Waals surface area contributed by atoms with Gasteiger partial charge in [0.25, 0.3) is 0 Å². The molecule has 2 heterocycles. The Morgan fingerprint density at radius 1 is 1.32 bits per heavy atom. The summed E-state index contributed by atoms with van der Waals surface area (Å²) in [7, 11) is 0. The Balaban J connectivity index is 0.00000180. The quantitative estimate of drug-likeness (QED) is 0.925. The molecule has 0 amide bonds. The highest BCUT2D eigenvalue weighted by Crippen LogP contribution is 2.21. The molecule has 0 spiro atoms. The first-order chi connectivity index (χ1) is 8.58. The largest absolute Gasteiger partial charge is 0.328 e. The number of hydrogen-bond acceptors (Lipinski definition) is 3. The van der Waals surface area contributed by atoms with Gasteiger partial charge in [-0.05, 0) is 58.7 Å². The number of nitrogens with zero attached hydrogens (tertiary/aromatic N) is 3. The molecule has 5 heteroatoms. The molecule has 1 unspecified atom stereocenters. The van der Waals surface area contributed by atoms with Crippen molar-refractivity contribution in [3.8, 4) is 0 Å². The molecule has 1 atom stereocenters. The van der Waals surface area contributed by atoms with E-state index >= 15 is 0 Å². The van der Waals surface area contributed by atoms with Crippen LogP contribution in [0.3, 0.4) is 0 Å². The van der Waals surface area contributed by atoms with Crippen LogP contribution >= 0.6 is 12.4 Å². The zero-order chi connectivity index (χ0) is 13.1. The van der Waals surface area contributed by atoms with Crippen molar-refractivity contribution in [2.24, 2.45) is 11.7 Å². The maximum Gasteiger partial charge on any atom is 0.0527 e. The summed E-state index contributed by atoms with van der Waals surface area (Å²) in [6.45, 7) is 9.83. The van der Waals surface area contributed by atoms with Gasteiger partial charge < -0.3 is 5.73 Å². The van der Waals surface area contributed by atoms with Crippen LogP contribution < -0.4 is 5.73 Å². The Kier molecular flexibility index (Phi) is 6.30. The zero-order valence-corrected chi connectivity index (χ0v) is 13.1. The van der Waals surface area contributed by atoms with Gasteiger partial charge in [-0.15, -0.1) is 12.4 Å². The van der Waals surface area contributed by atoms with Crippen LogP contribution in [0.15, 0.2) is 12.3 Å². The lowest BCUT2D eigenvalue weighted by atomic mass is 9.91. The maximum absolute atomic E-state index is 5.98. The van der Waals surface area contributed by atoms with Crippen molar-refractivity contribution in [1.29, 1.82) is 0 Å². The van der Waals surface area contributed by atoms with Gasteiger partial charge in [0.2, 0.25) is 0 Å². The molecule has 1 fully saturated rings. The predicted octanol–water partition coefficient (Wildman–Crippen LogP) is 2.44. The summed E-state index contributed by atoms with van der Waals surface area (Å²) in [6, 6.07) is 2.92. The van der Waals surface area contributed by atoms with E-state index in [1.54, 1.807) is 0 Å². The molecule has 0 aromatic carbocycles. The van der Waals surface area contributed by atoms with Gasteiger partial charge >= 0.3 is 0 Å². The molecule has 2 N–H and O–H groups in total. The van der Waals surface area contributed by atoms with Gasteiger partial charge in [-0.3, -0.25) is 9.58 Å². The van der Waals surface area contributed by atoms with E-state index in [0.29, 0.717) is 18.0 Å². The average molecular weight is 287 g/mol. The third-order valence-electron chi connectivity index (χ3n) is 4.00. The molecule has 1 aliphatic rings. The van der Waals surface area contributed by atoms with Gasteiger partial charge in [-0.2, -0.15) is 5.10 Å². The third-order valence-corrected chi connectivity index (χ3v) is 4.00. The van der Waals surface area contributed by atoms with Crippen LogP contribution in [0.1, 0.15) is 45.3 Å². The second-order valence-electron chi connectivity index (χ2n) is 5.83. The zero-order valence-electron chi connectivity index (χ0n) is 12.2. The molecular weight excluding hydrogens is 260 g/mol. The lowest BCUT2D eigenvalue weighted by Crippen LogP contribution is -2.39. The summed E-state index contributed by atoms with van der Waals surface area (Å²) in [5.41, 5.74) is 7.30. The predicted molar refractivity (Wildman–Crippen MR) is 81.5 cm³/mol. The molecule has 0 saturated carbocycles. The average Bonchev–Trinajstić information content (AvgIpc) is 2.78. The van der Waals surface area contributed by atoms with E-state index in [4.69, 9.17) is 5.73 Å². The molecule has 1 aromatic heterocycles. The number of halogens is 1. The fourth-order valence-electron chi connectivity index (χ4n) is 2.80. The van der Waals surface area contributed by atoms with E-state index in [1.807, 2.05) is 6.20 Å². The van der Waals surface area contributed by atoms with E-state index in [0.717, 1.165) is 19.6 Å². The Labute approximate surface area is 122 Å². The van der Waals surface area contributed by atoms with E-state index in [-0.39, 0.29) is 12.4 Å². The minimum atomic E-state index is 0. The summed E-state index contributed by atoms with van der Waals surface area (Å²) in [5.74, 6) is 0.705. The van der Waals surface area contributed by atoms with Gasteiger partial charge in [0.05, 0.1) is 5.69 Å². The lowest BCUT2D eigenvalue weighted by molar-refractivity contribution is 0.161. The van der Waals surface area contributed by atoms with E-state index < -0.39 is 0 Å². The molecule has 19 heavy (non-hydrogen) atoms. The molecule has 1 aliphatic heterocycles. The minimum absolute atomic E-state index is 0. The van der Waals surface area contributed by atoms with Gasteiger partial charge in [0, 0.05) is 24.8 Å². The van der Waals surface area contributed by atoms with E-state index in [1.165, 1.54) is 18.5 Å². The number of nitrogens with two attached hydrogens (primary N) is 1. The minimum Gasteiger partial charge on any atom is -0.328 e. The van der Waals surface area contributed by atoms with Crippen molar-refractivity contribution in [3.05, 3.63) is 18.0 Å². The highest BCUT2D eigenvalue weighted by molar-refractivity contribution is 5.85. The monoisotopic (exact) mass is 286 g/mol. The van der Waals surface area contributed by atoms with Crippen LogP contribution in [-0.2, 0) is 6.54 Å². The second-order valence-corrected chi connectivity index (χ2v) is 5.83. The van der Waals surface area contributed by atoms with Crippen LogP contribution in [0, 0.1) is 5.92 Å². The Morgan fingerprint density at radius 2 is 1.95 bits per heavy atom. The van der Waals surface area contributed by atoms with Crippen LogP contribution in [0.2, 0.25) is 0 Å². The highest BCUT2D eigenvalue weighted by atomic mass is 35.5. The fourth-order valence-corrected chi connectivity index (χ4v) is 2.80. The number of aromatic nitrogens is 2. The Hall–Kier alpha value is -0.580. The molecule has 110 valence electrons. The topological polar surface area (TPSA) is 47.1 Å².